The second kappa shape index (κ2) is 9.16. The number of nitrogens with zero attached hydrogens (tertiary/aromatic N) is 2. The predicted octanol–water partition coefficient (Wildman–Crippen LogP) is 1.17. The minimum atomic E-state index is -3.58. The van der Waals surface area contributed by atoms with Gasteiger partial charge in [-0.1, -0.05) is 13.8 Å². The summed E-state index contributed by atoms with van der Waals surface area (Å²) in [6, 6.07) is 4.47. The number of sulfonamides is 1. The van der Waals surface area contributed by atoms with Crippen molar-refractivity contribution in [1.82, 2.24) is 14.2 Å². The van der Waals surface area contributed by atoms with Gasteiger partial charge in [0.2, 0.25) is 10.0 Å². The van der Waals surface area contributed by atoms with Crippen molar-refractivity contribution in [3.8, 4) is 0 Å². The number of aromatic nitrogens is 1. The molecule has 0 aliphatic carbocycles. The molecule has 0 unspecified atom stereocenters. The molecule has 1 fully saturated rings. The van der Waals surface area contributed by atoms with Gasteiger partial charge in [-0.2, -0.15) is 4.31 Å². The molecule has 1 saturated heterocycles. The first-order valence-corrected chi connectivity index (χ1v) is 10.1. The van der Waals surface area contributed by atoms with Gasteiger partial charge < -0.3 is 14.4 Å². The van der Waals surface area contributed by atoms with Gasteiger partial charge in [-0.3, -0.25) is 9.78 Å². The first-order chi connectivity index (χ1) is 12.8. The van der Waals surface area contributed by atoms with Gasteiger partial charge in [-0.05, 0) is 37.1 Å². The van der Waals surface area contributed by atoms with E-state index in [1.165, 1.54) is 22.5 Å². The molecule has 27 heavy (non-hydrogen) atoms. The molecule has 9 nitrogen and oxygen atoms in total. The predicted molar refractivity (Wildman–Crippen MR) is 100 cm³/mol. The van der Waals surface area contributed by atoms with Crippen molar-refractivity contribution in [3.05, 3.63) is 28.7 Å². The van der Waals surface area contributed by atoms with E-state index in [1.807, 2.05) is 0 Å². The summed E-state index contributed by atoms with van der Waals surface area (Å²) in [4.78, 5) is 24.6. The highest BCUT2D eigenvalue weighted by molar-refractivity contribution is 7.89. The Morgan fingerprint density at radius 2 is 1.96 bits per heavy atom. The highest BCUT2D eigenvalue weighted by Crippen LogP contribution is 2.21. The average molecular weight is 399 g/mol. The Hall–Kier alpha value is -2.17. The van der Waals surface area contributed by atoms with E-state index in [-0.39, 0.29) is 11.4 Å². The van der Waals surface area contributed by atoms with Crippen molar-refractivity contribution < 1.29 is 22.7 Å². The van der Waals surface area contributed by atoms with Gasteiger partial charge in [-0.15, -0.1) is 0 Å². The fourth-order valence-electron chi connectivity index (χ4n) is 3.13. The van der Waals surface area contributed by atoms with E-state index in [2.05, 4.69) is 23.7 Å². The Morgan fingerprint density at radius 3 is 2.63 bits per heavy atom. The van der Waals surface area contributed by atoms with Gasteiger partial charge in [0.25, 0.3) is 6.47 Å². The van der Waals surface area contributed by atoms with Crippen LogP contribution in [0.4, 0.5) is 0 Å². The highest BCUT2D eigenvalue weighted by Gasteiger charge is 2.27. The van der Waals surface area contributed by atoms with Gasteiger partial charge in [-0.25, -0.2) is 13.2 Å². The standard InChI is InChI=1S/C16H23N3O4S.CH2O2/c1-12(2)11-18-6-3-7-19(9-8-18)24(21,22)13-4-5-15-14(10-13)17-16(20)23-15;2-1-3/h4-5,10,12H,3,6-9,11H2,1-2H3,(H,17,20);1H,(H,2,3). The Morgan fingerprint density at radius 1 is 1.26 bits per heavy atom. The van der Waals surface area contributed by atoms with Crippen LogP contribution in [0.2, 0.25) is 0 Å². The lowest BCUT2D eigenvalue weighted by Crippen LogP contribution is -2.36. The normalized spacial score (nSPS) is 16.7. The van der Waals surface area contributed by atoms with Crippen molar-refractivity contribution in [2.24, 2.45) is 5.92 Å². The fourth-order valence-corrected chi connectivity index (χ4v) is 4.62. The van der Waals surface area contributed by atoms with E-state index in [4.69, 9.17) is 14.3 Å². The van der Waals surface area contributed by atoms with E-state index < -0.39 is 15.8 Å². The van der Waals surface area contributed by atoms with Gasteiger partial charge in [0, 0.05) is 26.2 Å². The largest absolute Gasteiger partial charge is 0.483 e. The minimum Gasteiger partial charge on any atom is -0.483 e. The van der Waals surface area contributed by atoms with Crippen molar-refractivity contribution in [1.29, 1.82) is 0 Å². The molecule has 0 radical (unpaired) electrons. The Kier molecular flexibility index (Phi) is 7.17. The monoisotopic (exact) mass is 399 g/mol. The van der Waals surface area contributed by atoms with Crippen LogP contribution in [0.5, 0.6) is 0 Å². The summed E-state index contributed by atoms with van der Waals surface area (Å²) in [6.45, 7) is 7.71. The molecule has 0 amide bonds. The number of nitrogens with one attached hydrogen (secondary N) is 1. The van der Waals surface area contributed by atoms with E-state index in [0.29, 0.717) is 30.1 Å². The van der Waals surface area contributed by atoms with Crippen molar-refractivity contribution >= 4 is 27.6 Å². The Balaban J connectivity index is 0.000000817. The lowest BCUT2D eigenvalue weighted by atomic mass is 10.2. The van der Waals surface area contributed by atoms with Gasteiger partial charge in [0.15, 0.2) is 5.58 Å². The highest BCUT2D eigenvalue weighted by atomic mass is 32.2. The van der Waals surface area contributed by atoms with Crippen molar-refractivity contribution in [3.63, 3.8) is 0 Å². The first kappa shape index (κ1) is 21.1. The number of H-pyrrole nitrogens is 1. The van der Waals surface area contributed by atoms with Crippen LogP contribution in [-0.4, -0.2) is 66.9 Å². The fraction of sp³-hybridized carbons (Fsp3) is 0.529. The maximum atomic E-state index is 12.9. The molecule has 10 heteroatoms. The number of hydrogen-bond acceptors (Lipinski definition) is 6. The number of aromatic amines is 1. The second-order valence-electron chi connectivity index (χ2n) is 6.73. The quantitative estimate of drug-likeness (QED) is 0.740. The van der Waals surface area contributed by atoms with Gasteiger partial charge in [0.1, 0.15) is 0 Å². The molecule has 1 aromatic heterocycles. The average Bonchev–Trinajstić information content (AvgIpc) is 2.80. The second-order valence-corrected chi connectivity index (χ2v) is 8.67. The molecular formula is C17H25N3O6S. The van der Waals surface area contributed by atoms with Crippen LogP contribution < -0.4 is 5.76 Å². The van der Waals surface area contributed by atoms with Crippen molar-refractivity contribution in [2.45, 2.75) is 25.2 Å². The van der Waals surface area contributed by atoms with Crippen LogP contribution in [0, 0.1) is 5.92 Å². The number of oxazole rings is 1. The zero-order valence-electron chi connectivity index (χ0n) is 15.4. The molecule has 150 valence electrons. The Bertz CT molecular complexity index is 918. The lowest BCUT2D eigenvalue weighted by molar-refractivity contribution is -0.122. The summed E-state index contributed by atoms with van der Waals surface area (Å²) in [5.74, 6) is -0.0212. The van der Waals surface area contributed by atoms with Crippen LogP contribution in [0.25, 0.3) is 11.1 Å². The number of rotatable bonds is 4. The molecule has 0 bridgehead atoms. The van der Waals surface area contributed by atoms with Crippen LogP contribution in [-0.2, 0) is 14.8 Å². The number of carboxylic acid groups (broad SMARTS) is 1. The number of fused-ring (bicyclic) bond motifs is 1. The Labute approximate surface area is 157 Å². The topological polar surface area (TPSA) is 124 Å². The maximum Gasteiger partial charge on any atom is 0.417 e. The SMILES string of the molecule is CC(C)CN1CCCN(S(=O)(=O)c2ccc3oc(=O)[nH]c3c2)CC1.O=CO. The van der Waals surface area contributed by atoms with Crippen LogP contribution >= 0.6 is 0 Å². The van der Waals surface area contributed by atoms with E-state index in [0.717, 1.165) is 26.1 Å². The van der Waals surface area contributed by atoms with Gasteiger partial charge >= 0.3 is 5.76 Å². The van der Waals surface area contributed by atoms with Gasteiger partial charge in [0.05, 0.1) is 10.4 Å². The molecule has 1 aliphatic rings. The first-order valence-electron chi connectivity index (χ1n) is 8.71. The number of benzene rings is 1. The lowest BCUT2D eigenvalue weighted by Gasteiger charge is -2.23. The smallest absolute Gasteiger partial charge is 0.417 e. The molecule has 2 heterocycles. The summed E-state index contributed by atoms with van der Waals surface area (Å²) < 4.78 is 32.3. The molecule has 0 saturated carbocycles. The summed E-state index contributed by atoms with van der Waals surface area (Å²) in [5, 5.41) is 6.89. The van der Waals surface area contributed by atoms with E-state index in [1.54, 1.807) is 0 Å². The number of carbonyl (C=O) groups is 1. The third-order valence-electron chi connectivity index (χ3n) is 4.20. The molecule has 1 aromatic carbocycles. The maximum absolute atomic E-state index is 12.9. The van der Waals surface area contributed by atoms with E-state index in [9.17, 15) is 13.2 Å². The zero-order valence-corrected chi connectivity index (χ0v) is 16.2. The molecule has 3 rings (SSSR count). The summed E-state index contributed by atoms with van der Waals surface area (Å²) >= 11 is 0. The molecule has 0 spiro atoms. The summed E-state index contributed by atoms with van der Waals surface area (Å²) in [7, 11) is -3.58. The summed E-state index contributed by atoms with van der Waals surface area (Å²) in [5.41, 5.74) is 0.759. The van der Waals surface area contributed by atoms with E-state index >= 15 is 0 Å². The van der Waals surface area contributed by atoms with Crippen LogP contribution in [0.15, 0.2) is 32.3 Å². The van der Waals surface area contributed by atoms with Crippen LogP contribution in [0.1, 0.15) is 20.3 Å². The number of hydrogen-bond donors (Lipinski definition) is 2. The molecule has 2 aromatic rings. The zero-order chi connectivity index (χ0) is 20.0. The molecular weight excluding hydrogens is 374 g/mol. The summed E-state index contributed by atoms with van der Waals surface area (Å²) in [6.07, 6.45) is 0.816. The molecule has 2 N–H and O–H groups in total. The van der Waals surface area contributed by atoms with Crippen molar-refractivity contribution in [2.75, 3.05) is 32.7 Å². The molecule has 0 atom stereocenters. The third-order valence-corrected chi connectivity index (χ3v) is 6.09. The van der Waals surface area contributed by atoms with Crippen LogP contribution in [0.3, 0.4) is 0 Å². The minimum absolute atomic E-state index is 0.185. The molecule has 1 aliphatic heterocycles. The third kappa shape index (κ3) is 5.41.